The van der Waals surface area contributed by atoms with Crippen molar-refractivity contribution in [3.05, 3.63) is 35.0 Å². The SMILES string of the molecule is C=CCC(NC(=O)C(N)c1cccs1)C(=O)O. The summed E-state index contributed by atoms with van der Waals surface area (Å²) in [5, 5.41) is 13.0. The Morgan fingerprint density at radius 3 is 2.82 bits per heavy atom. The molecule has 1 aromatic heterocycles. The summed E-state index contributed by atoms with van der Waals surface area (Å²) in [5.74, 6) is -1.60. The molecule has 0 aliphatic rings. The lowest BCUT2D eigenvalue weighted by atomic mass is 10.1. The van der Waals surface area contributed by atoms with Gasteiger partial charge in [0.05, 0.1) is 0 Å². The molecule has 4 N–H and O–H groups in total. The minimum atomic E-state index is -1.10. The van der Waals surface area contributed by atoms with Gasteiger partial charge in [0.15, 0.2) is 0 Å². The molecule has 0 aliphatic heterocycles. The number of nitrogens with one attached hydrogen (secondary N) is 1. The van der Waals surface area contributed by atoms with Gasteiger partial charge >= 0.3 is 5.97 Å². The molecule has 5 nitrogen and oxygen atoms in total. The molecule has 1 rings (SSSR count). The van der Waals surface area contributed by atoms with Gasteiger partial charge in [-0.25, -0.2) is 4.79 Å². The summed E-state index contributed by atoms with van der Waals surface area (Å²) in [6.07, 6.45) is 1.61. The lowest BCUT2D eigenvalue weighted by molar-refractivity contribution is -0.141. The average molecular weight is 254 g/mol. The first-order chi connectivity index (χ1) is 8.06. The van der Waals surface area contributed by atoms with E-state index < -0.39 is 24.0 Å². The van der Waals surface area contributed by atoms with E-state index in [2.05, 4.69) is 11.9 Å². The Kier molecular flexibility index (Phi) is 4.86. The molecule has 1 heterocycles. The molecule has 0 fully saturated rings. The van der Waals surface area contributed by atoms with E-state index in [1.54, 1.807) is 17.5 Å². The summed E-state index contributed by atoms with van der Waals surface area (Å²) in [5.41, 5.74) is 5.71. The first kappa shape index (κ1) is 13.4. The molecule has 6 heteroatoms. The predicted molar refractivity (Wildman–Crippen MR) is 65.6 cm³/mol. The summed E-state index contributed by atoms with van der Waals surface area (Å²) in [6.45, 7) is 3.44. The van der Waals surface area contributed by atoms with E-state index in [4.69, 9.17) is 10.8 Å². The molecule has 0 aromatic carbocycles. The van der Waals surface area contributed by atoms with Crippen molar-refractivity contribution in [2.24, 2.45) is 5.73 Å². The Morgan fingerprint density at radius 1 is 1.65 bits per heavy atom. The van der Waals surface area contributed by atoms with Gasteiger partial charge in [-0.2, -0.15) is 0 Å². The molecule has 0 saturated heterocycles. The van der Waals surface area contributed by atoms with Gasteiger partial charge in [-0.1, -0.05) is 12.1 Å². The van der Waals surface area contributed by atoms with Crippen LogP contribution in [0, 0.1) is 0 Å². The Labute approximate surface area is 103 Å². The van der Waals surface area contributed by atoms with Gasteiger partial charge in [0.25, 0.3) is 0 Å². The minimum Gasteiger partial charge on any atom is -0.480 e. The summed E-state index contributed by atoms with van der Waals surface area (Å²) >= 11 is 1.35. The van der Waals surface area contributed by atoms with Crippen LogP contribution in [0.2, 0.25) is 0 Å². The third-order valence-electron chi connectivity index (χ3n) is 2.15. The minimum absolute atomic E-state index is 0.165. The second kappa shape index (κ2) is 6.17. The quantitative estimate of drug-likeness (QED) is 0.657. The molecule has 92 valence electrons. The maximum atomic E-state index is 11.7. The first-order valence-electron chi connectivity index (χ1n) is 4.99. The zero-order valence-electron chi connectivity index (χ0n) is 9.13. The molecule has 1 amide bonds. The van der Waals surface area contributed by atoms with Crippen LogP contribution in [-0.4, -0.2) is 23.0 Å². The first-order valence-corrected chi connectivity index (χ1v) is 5.87. The highest BCUT2D eigenvalue weighted by molar-refractivity contribution is 7.10. The number of aliphatic carboxylic acids is 1. The lowest BCUT2D eigenvalue weighted by Gasteiger charge is -2.15. The van der Waals surface area contributed by atoms with E-state index >= 15 is 0 Å². The van der Waals surface area contributed by atoms with E-state index in [0.717, 1.165) is 0 Å². The van der Waals surface area contributed by atoms with Crippen molar-refractivity contribution in [1.29, 1.82) is 0 Å². The maximum absolute atomic E-state index is 11.7. The zero-order valence-corrected chi connectivity index (χ0v) is 9.94. The standard InChI is InChI=1S/C11H14N2O3S/c1-2-4-7(11(15)16)13-10(14)9(12)8-5-3-6-17-8/h2-3,5-7,9H,1,4,12H2,(H,13,14)(H,15,16). The van der Waals surface area contributed by atoms with Crippen LogP contribution in [0.15, 0.2) is 30.2 Å². The van der Waals surface area contributed by atoms with Gasteiger partial charge in [0.1, 0.15) is 12.1 Å². The molecule has 17 heavy (non-hydrogen) atoms. The van der Waals surface area contributed by atoms with Crippen LogP contribution in [0.1, 0.15) is 17.3 Å². The van der Waals surface area contributed by atoms with Gasteiger partial charge < -0.3 is 16.2 Å². The topological polar surface area (TPSA) is 92.4 Å². The van der Waals surface area contributed by atoms with Gasteiger partial charge in [-0.05, 0) is 17.9 Å². The van der Waals surface area contributed by atoms with Crippen LogP contribution in [0.25, 0.3) is 0 Å². The second-order valence-electron chi connectivity index (χ2n) is 3.42. The van der Waals surface area contributed by atoms with Crippen molar-refractivity contribution in [1.82, 2.24) is 5.32 Å². The second-order valence-corrected chi connectivity index (χ2v) is 4.40. The van der Waals surface area contributed by atoms with Gasteiger partial charge in [-0.3, -0.25) is 4.79 Å². The van der Waals surface area contributed by atoms with Crippen molar-refractivity contribution in [2.45, 2.75) is 18.5 Å². The monoisotopic (exact) mass is 254 g/mol. The van der Waals surface area contributed by atoms with Crippen molar-refractivity contribution >= 4 is 23.2 Å². The predicted octanol–water partition coefficient (Wildman–Crippen LogP) is 0.893. The third-order valence-corrected chi connectivity index (χ3v) is 3.10. The van der Waals surface area contributed by atoms with Crippen LogP contribution in [0.5, 0.6) is 0 Å². The van der Waals surface area contributed by atoms with E-state index in [1.165, 1.54) is 17.4 Å². The molecular weight excluding hydrogens is 240 g/mol. The molecule has 0 bridgehead atoms. The average Bonchev–Trinajstić information content (AvgIpc) is 2.80. The Morgan fingerprint density at radius 2 is 2.35 bits per heavy atom. The number of amides is 1. The maximum Gasteiger partial charge on any atom is 0.326 e. The highest BCUT2D eigenvalue weighted by Crippen LogP contribution is 2.16. The van der Waals surface area contributed by atoms with Gasteiger partial charge in [-0.15, -0.1) is 17.9 Å². The zero-order chi connectivity index (χ0) is 12.8. The Bertz CT molecular complexity index is 403. The molecule has 2 unspecified atom stereocenters. The van der Waals surface area contributed by atoms with Crippen molar-refractivity contribution in [2.75, 3.05) is 0 Å². The van der Waals surface area contributed by atoms with Crippen molar-refractivity contribution in [3.63, 3.8) is 0 Å². The van der Waals surface area contributed by atoms with Crippen LogP contribution in [-0.2, 0) is 9.59 Å². The van der Waals surface area contributed by atoms with E-state index in [-0.39, 0.29) is 6.42 Å². The van der Waals surface area contributed by atoms with Gasteiger partial charge in [0.2, 0.25) is 5.91 Å². The van der Waals surface area contributed by atoms with Crippen LogP contribution < -0.4 is 11.1 Å². The molecule has 0 radical (unpaired) electrons. The fourth-order valence-corrected chi connectivity index (χ4v) is 1.97. The number of hydrogen-bond donors (Lipinski definition) is 3. The summed E-state index contributed by atoms with van der Waals surface area (Å²) in [6, 6.07) is 1.71. The molecular formula is C11H14N2O3S. The number of hydrogen-bond acceptors (Lipinski definition) is 4. The number of carbonyl (C=O) groups is 2. The van der Waals surface area contributed by atoms with E-state index in [1.807, 2.05) is 0 Å². The van der Waals surface area contributed by atoms with Crippen LogP contribution in [0.4, 0.5) is 0 Å². The highest BCUT2D eigenvalue weighted by Gasteiger charge is 2.23. The number of carbonyl (C=O) groups excluding carboxylic acids is 1. The number of carboxylic acids is 1. The molecule has 0 saturated carbocycles. The van der Waals surface area contributed by atoms with E-state index in [9.17, 15) is 9.59 Å². The normalized spacial score (nSPS) is 13.7. The summed E-state index contributed by atoms with van der Waals surface area (Å²) in [7, 11) is 0. The smallest absolute Gasteiger partial charge is 0.326 e. The molecule has 1 aromatic rings. The molecule has 0 spiro atoms. The lowest BCUT2D eigenvalue weighted by Crippen LogP contribution is -2.44. The number of carboxylic acid groups (broad SMARTS) is 1. The van der Waals surface area contributed by atoms with Gasteiger partial charge in [0, 0.05) is 4.88 Å². The Hall–Kier alpha value is -1.66. The van der Waals surface area contributed by atoms with E-state index in [0.29, 0.717) is 4.88 Å². The number of nitrogens with two attached hydrogens (primary N) is 1. The summed E-state index contributed by atoms with van der Waals surface area (Å²) in [4.78, 5) is 23.2. The Balaban J connectivity index is 2.64. The summed E-state index contributed by atoms with van der Waals surface area (Å²) < 4.78 is 0. The van der Waals surface area contributed by atoms with Crippen molar-refractivity contribution < 1.29 is 14.7 Å². The van der Waals surface area contributed by atoms with Crippen LogP contribution >= 0.6 is 11.3 Å². The number of thiophene rings is 1. The van der Waals surface area contributed by atoms with Crippen LogP contribution in [0.3, 0.4) is 0 Å². The highest BCUT2D eigenvalue weighted by atomic mass is 32.1. The molecule has 0 aliphatic carbocycles. The fraction of sp³-hybridized carbons (Fsp3) is 0.273. The molecule has 2 atom stereocenters. The third kappa shape index (κ3) is 3.69. The fourth-order valence-electron chi connectivity index (χ4n) is 1.25. The van der Waals surface area contributed by atoms with Crippen molar-refractivity contribution in [3.8, 4) is 0 Å². The largest absolute Gasteiger partial charge is 0.480 e. The number of rotatable bonds is 6.